The number of carbonyl (C=O) groups is 1. The molecule has 0 unspecified atom stereocenters. The van der Waals surface area contributed by atoms with Gasteiger partial charge in [0.2, 0.25) is 17.6 Å². The molecule has 0 radical (unpaired) electrons. The Kier molecular flexibility index (Phi) is 5.93. The van der Waals surface area contributed by atoms with E-state index in [0.717, 1.165) is 9.13 Å². The summed E-state index contributed by atoms with van der Waals surface area (Å²) in [6.07, 6.45) is 0.526. The van der Waals surface area contributed by atoms with E-state index in [1.165, 1.54) is 0 Å². The molecular weight excluding hydrogens is 476 g/mol. The molecular formula is C17H12Cl2IN3O2. The SMILES string of the molecule is O=C(CCc1nc(-c2ccc(I)cc2)no1)Nc1cccc(Cl)c1Cl. The average molecular weight is 488 g/mol. The van der Waals surface area contributed by atoms with Crippen LogP contribution in [0.4, 0.5) is 5.69 Å². The number of hydrogen-bond acceptors (Lipinski definition) is 4. The number of nitrogens with one attached hydrogen (secondary N) is 1. The zero-order chi connectivity index (χ0) is 17.8. The Bertz CT molecular complexity index is 897. The van der Waals surface area contributed by atoms with Crippen LogP contribution >= 0.6 is 45.8 Å². The molecule has 3 rings (SSSR count). The quantitative estimate of drug-likeness (QED) is 0.501. The van der Waals surface area contributed by atoms with Crippen molar-refractivity contribution < 1.29 is 9.32 Å². The van der Waals surface area contributed by atoms with Crippen LogP contribution < -0.4 is 5.32 Å². The maximum absolute atomic E-state index is 12.1. The van der Waals surface area contributed by atoms with Gasteiger partial charge in [0, 0.05) is 22.0 Å². The summed E-state index contributed by atoms with van der Waals surface area (Å²) in [5.74, 6) is 0.698. The highest BCUT2D eigenvalue weighted by Gasteiger charge is 2.12. The standard InChI is InChI=1S/C17H12Cl2IN3O2/c18-12-2-1-3-13(16(12)19)21-14(24)8-9-15-22-17(23-25-15)10-4-6-11(20)7-5-10/h1-7H,8-9H2,(H,21,24). The number of aryl methyl sites for hydroxylation is 1. The van der Waals surface area contributed by atoms with Crippen molar-refractivity contribution in [1.29, 1.82) is 0 Å². The maximum Gasteiger partial charge on any atom is 0.227 e. The van der Waals surface area contributed by atoms with Gasteiger partial charge < -0.3 is 9.84 Å². The molecule has 0 saturated carbocycles. The van der Waals surface area contributed by atoms with E-state index in [2.05, 4.69) is 38.0 Å². The fourth-order valence-corrected chi connectivity index (χ4v) is 2.81. The molecule has 25 heavy (non-hydrogen) atoms. The van der Waals surface area contributed by atoms with Crippen molar-refractivity contribution in [2.75, 3.05) is 5.32 Å². The maximum atomic E-state index is 12.1. The van der Waals surface area contributed by atoms with E-state index in [-0.39, 0.29) is 12.3 Å². The van der Waals surface area contributed by atoms with Crippen LogP contribution in [0, 0.1) is 3.57 Å². The normalized spacial score (nSPS) is 10.7. The predicted octanol–water partition coefficient (Wildman–Crippen LogP) is 5.22. The van der Waals surface area contributed by atoms with E-state index in [0.29, 0.717) is 33.9 Å². The number of amides is 1. The van der Waals surface area contributed by atoms with Gasteiger partial charge in [0.05, 0.1) is 15.7 Å². The zero-order valence-corrected chi connectivity index (χ0v) is 16.5. The van der Waals surface area contributed by atoms with Crippen molar-refractivity contribution in [3.8, 4) is 11.4 Å². The Hall–Kier alpha value is -1.64. The van der Waals surface area contributed by atoms with Crippen LogP contribution in [0.5, 0.6) is 0 Å². The molecule has 0 aliphatic heterocycles. The van der Waals surface area contributed by atoms with Crippen LogP contribution in [0.2, 0.25) is 10.0 Å². The average Bonchev–Trinajstić information content (AvgIpc) is 3.07. The lowest BCUT2D eigenvalue weighted by Gasteiger charge is -2.07. The van der Waals surface area contributed by atoms with Crippen LogP contribution in [0.1, 0.15) is 12.3 Å². The van der Waals surface area contributed by atoms with E-state index in [1.807, 2.05) is 24.3 Å². The van der Waals surface area contributed by atoms with Crippen LogP contribution in [0.25, 0.3) is 11.4 Å². The lowest BCUT2D eigenvalue weighted by Crippen LogP contribution is -2.12. The van der Waals surface area contributed by atoms with Crippen molar-refractivity contribution in [3.05, 3.63) is 62.0 Å². The molecule has 3 aromatic rings. The second kappa shape index (κ2) is 8.16. The molecule has 0 aliphatic rings. The second-order valence-corrected chi connectivity index (χ2v) is 7.20. The summed E-state index contributed by atoms with van der Waals surface area (Å²) >= 11 is 14.2. The first-order valence-corrected chi connectivity index (χ1v) is 9.19. The Balaban J connectivity index is 1.59. The van der Waals surface area contributed by atoms with Gasteiger partial charge in [0.15, 0.2) is 0 Å². The van der Waals surface area contributed by atoms with Crippen molar-refractivity contribution in [2.24, 2.45) is 0 Å². The van der Waals surface area contributed by atoms with E-state index in [9.17, 15) is 4.79 Å². The third-order valence-electron chi connectivity index (χ3n) is 3.36. The summed E-state index contributed by atoms with van der Waals surface area (Å²) in [5.41, 5.74) is 1.34. The number of aromatic nitrogens is 2. The molecule has 0 saturated heterocycles. The second-order valence-electron chi connectivity index (χ2n) is 5.17. The molecule has 1 N–H and O–H groups in total. The first-order valence-electron chi connectivity index (χ1n) is 7.35. The monoisotopic (exact) mass is 487 g/mol. The van der Waals surface area contributed by atoms with Crippen molar-refractivity contribution in [1.82, 2.24) is 10.1 Å². The van der Waals surface area contributed by atoms with Crippen molar-refractivity contribution >= 4 is 57.4 Å². The van der Waals surface area contributed by atoms with E-state index in [4.69, 9.17) is 27.7 Å². The molecule has 1 aromatic heterocycles. The molecule has 2 aromatic carbocycles. The summed E-state index contributed by atoms with van der Waals surface area (Å²) in [6.45, 7) is 0. The lowest BCUT2D eigenvalue weighted by atomic mass is 10.2. The Morgan fingerprint density at radius 1 is 1.16 bits per heavy atom. The number of benzene rings is 2. The highest BCUT2D eigenvalue weighted by Crippen LogP contribution is 2.29. The van der Waals surface area contributed by atoms with Crippen LogP contribution in [0.15, 0.2) is 47.0 Å². The van der Waals surface area contributed by atoms with Gasteiger partial charge in [-0.2, -0.15) is 4.98 Å². The van der Waals surface area contributed by atoms with Gasteiger partial charge >= 0.3 is 0 Å². The molecule has 0 spiro atoms. The highest BCUT2D eigenvalue weighted by atomic mass is 127. The van der Waals surface area contributed by atoms with Gasteiger partial charge in [-0.05, 0) is 46.9 Å². The van der Waals surface area contributed by atoms with Crippen LogP contribution in [-0.4, -0.2) is 16.0 Å². The van der Waals surface area contributed by atoms with Crippen molar-refractivity contribution in [2.45, 2.75) is 12.8 Å². The predicted molar refractivity (Wildman–Crippen MR) is 106 cm³/mol. The zero-order valence-electron chi connectivity index (χ0n) is 12.8. The van der Waals surface area contributed by atoms with Gasteiger partial charge in [0.1, 0.15) is 0 Å². The number of nitrogens with zero attached hydrogens (tertiary/aromatic N) is 2. The van der Waals surface area contributed by atoms with Gasteiger partial charge in [-0.3, -0.25) is 4.79 Å². The minimum absolute atomic E-state index is 0.192. The van der Waals surface area contributed by atoms with E-state index in [1.54, 1.807) is 18.2 Å². The first kappa shape index (κ1) is 18.2. The van der Waals surface area contributed by atoms with Gasteiger partial charge in [-0.25, -0.2) is 0 Å². The Labute approximate surface area is 167 Å². The third-order valence-corrected chi connectivity index (χ3v) is 4.90. The number of rotatable bonds is 5. The summed E-state index contributed by atoms with van der Waals surface area (Å²) in [5, 5.41) is 7.37. The molecule has 0 bridgehead atoms. The number of anilines is 1. The first-order chi connectivity index (χ1) is 12.0. The number of hydrogen-bond donors (Lipinski definition) is 1. The number of carbonyl (C=O) groups excluding carboxylic acids is 1. The fourth-order valence-electron chi connectivity index (χ4n) is 2.11. The summed E-state index contributed by atoms with van der Waals surface area (Å²) < 4.78 is 6.33. The Morgan fingerprint density at radius 3 is 2.68 bits per heavy atom. The summed E-state index contributed by atoms with van der Waals surface area (Å²) in [7, 11) is 0. The molecule has 1 heterocycles. The molecule has 5 nitrogen and oxygen atoms in total. The van der Waals surface area contributed by atoms with Crippen molar-refractivity contribution in [3.63, 3.8) is 0 Å². The van der Waals surface area contributed by atoms with Crippen LogP contribution in [0.3, 0.4) is 0 Å². The summed E-state index contributed by atoms with van der Waals surface area (Å²) in [6, 6.07) is 12.8. The van der Waals surface area contributed by atoms with E-state index >= 15 is 0 Å². The topological polar surface area (TPSA) is 68.0 Å². The minimum atomic E-state index is -0.210. The molecule has 1 amide bonds. The molecule has 0 aliphatic carbocycles. The third kappa shape index (κ3) is 4.71. The fraction of sp³-hybridized carbons (Fsp3) is 0.118. The Morgan fingerprint density at radius 2 is 1.92 bits per heavy atom. The van der Waals surface area contributed by atoms with E-state index < -0.39 is 0 Å². The molecule has 0 fully saturated rings. The summed E-state index contributed by atoms with van der Waals surface area (Å²) in [4.78, 5) is 16.4. The largest absolute Gasteiger partial charge is 0.339 e. The lowest BCUT2D eigenvalue weighted by molar-refractivity contribution is -0.116. The number of halogens is 3. The smallest absolute Gasteiger partial charge is 0.227 e. The molecule has 128 valence electrons. The van der Waals surface area contributed by atoms with Crippen LogP contribution in [-0.2, 0) is 11.2 Å². The van der Waals surface area contributed by atoms with Gasteiger partial charge in [-0.15, -0.1) is 0 Å². The van der Waals surface area contributed by atoms with Gasteiger partial charge in [-0.1, -0.05) is 46.6 Å². The molecule has 8 heteroatoms. The highest BCUT2D eigenvalue weighted by molar-refractivity contribution is 14.1. The molecule has 0 atom stereocenters. The minimum Gasteiger partial charge on any atom is -0.339 e. The van der Waals surface area contributed by atoms with Gasteiger partial charge in [0.25, 0.3) is 0 Å².